The Morgan fingerprint density at radius 2 is 1.76 bits per heavy atom. The fraction of sp³-hybridized carbons (Fsp3) is 0.407. The zero-order chi connectivity index (χ0) is 30.0. The largest absolute Gasteiger partial charge is 0.497 e. The number of hydrogen-bond donors (Lipinski definition) is 1. The van der Waals surface area contributed by atoms with Crippen LogP contribution in [0.25, 0.3) is 16.9 Å². The minimum Gasteiger partial charge on any atom is -0.497 e. The molecular weight excluding hydrogens is 552 g/mol. The lowest BCUT2D eigenvalue weighted by Gasteiger charge is -2.24. The van der Waals surface area contributed by atoms with E-state index in [1.54, 1.807) is 41.6 Å². The molecule has 0 bridgehead atoms. The first-order valence-electron chi connectivity index (χ1n) is 13.0. The number of carbonyl (C=O) groups excluding carboxylic acids is 3. The van der Waals surface area contributed by atoms with Crippen LogP contribution in [-0.4, -0.2) is 81.0 Å². The summed E-state index contributed by atoms with van der Waals surface area (Å²) in [6, 6.07) is 5.49. The molecule has 5 rings (SSSR count). The van der Waals surface area contributed by atoms with Gasteiger partial charge in [-0.3, -0.25) is 23.4 Å². The van der Waals surface area contributed by atoms with Crippen LogP contribution in [0.3, 0.4) is 0 Å². The summed E-state index contributed by atoms with van der Waals surface area (Å²) in [6.07, 6.45) is 0.709. The number of ether oxygens (including phenoxy) is 6. The van der Waals surface area contributed by atoms with Crippen molar-refractivity contribution < 1.29 is 42.8 Å². The van der Waals surface area contributed by atoms with Crippen molar-refractivity contribution in [1.29, 1.82) is 0 Å². The third-order valence-electron chi connectivity index (χ3n) is 6.61. The Labute approximate surface area is 239 Å². The van der Waals surface area contributed by atoms with Crippen molar-refractivity contribution in [3.63, 3.8) is 0 Å². The molecule has 3 aromatic heterocycles. The van der Waals surface area contributed by atoms with E-state index < -0.39 is 42.4 Å². The molecule has 15 heteroatoms. The maximum atomic E-state index is 12.1. The summed E-state index contributed by atoms with van der Waals surface area (Å²) < 4.78 is 36.6. The van der Waals surface area contributed by atoms with Gasteiger partial charge in [-0.2, -0.15) is 4.98 Å². The van der Waals surface area contributed by atoms with Gasteiger partial charge < -0.3 is 33.7 Å². The Morgan fingerprint density at radius 1 is 1.00 bits per heavy atom. The molecule has 4 aromatic rings. The second kappa shape index (κ2) is 11.9. The summed E-state index contributed by atoms with van der Waals surface area (Å²) in [5, 5.41) is 3.31. The van der Waals surface area contributed by atoms with E-state index in [1.807, 2.05) is 12.1 Å². The number of nitrogens with one attached hydrogen (secondary N) is 1. The SMILES string of the molecule is COc1ccc(CNc2nc3nccn3c3c2ncn3[C@@H]2O[C@H](COC(C)=O)[C@@H](OC(C)=O)[C@H]2OC(C)=O)c(OC)c1. The first-order valence-corrected chi connectivity index (χ1v) is 13.0. The predicted molar refractivity (Wildman–Crippen MR) is 145 cm³/mol. The van der Waals surface area contributed by atoms with Gasteiger partial charge in [-0.15, -0.1) is 0 Å². The molecule has 0 radical (unpaired) electrons. The normalized spacial score (nSPS) is 19.9. The Bertz CT molecular complexity index is 1630. The Balaban J connectivity index is 1.55. The number of aromatic nitrogens is 5. The molecule has 4 atom stereocenters. The van der Waals surface area contributed by atoms with Crippen LogP contribution >= 0.6 is 0 Å². The molecule has 222 valence electrons. The fourth-order valence-corrected chi connectivity index (χ4v) is 4.86. The first kappa shape index (κ1) is 28.6. The maximum Gasteiger partial charge on any atom is 0.303 e. The molecule has 1 N–H and O–H groups in total. The van der Waals surface area contributed by atoms with Crippen LogP contribution in [0.1, 0.15) is 32.6 Å². The van der Waals surface area contributed by atoms with Gasteiger partial charge in [0.15, 0.2) is 29.9 Å². The van der Waals surface area contributed by atoms with E-state index in [2.05, 4.69) is 20.3 Å². The maximum absolute atomic E-state index is 12.1. The van der Waals surface area contributed by atoms with Crippen LogP contribution < -0.4 is 14.8 Å². The molecule has 1 saturated heterocycles. The van der Waals surface area contributed by atoms with Crippen molar-refractivity contribution in [2.75, 3.05) is 26.1 Å². The topological polar surface area (TPSA) is 167 Å². The number of hydrogen-bond acceptors (Lipinski definition) is 13. The molecule has 0 spiro atoms. The smallest absolute Gasteiger partial charge is 0.303 e. The van der Waals surface area contributed by atoms with E-state index in [0.29, 0.717) is 40.8 Å². The molecule has 0 amide bonds. The number of rotatable bonds is 10. The van der Waals surface area contributed by atoms with Crippen LogP contribution in [-0.2, 0) is 39.9 Å². The Kier molecular flexibility index (Phi) is 8.10. The number of fused-ring (bicyclic) bond motifs is 3. The summed E-state index contributed by atoms with van der Waals surface area (Å²) in [4.78, 5) is 49.3. The number of imidazole rings is 2. The van der Waals surface area contributed by atoms with E-state index in [-0.39, 0.29) is 6.61 Å². The molecule has 1 aliphatic heterocycles. The van der Waals surface area contributed by atoms with Crippen LogP contribution in [0.4, 0.5) is 5.82 Å². The van der Waals surface area contributed by atoms with Crippen LogP contribution in [0.2, 0.25) is 0 Å². The highest BCUT2D eigenvalue weighted by Crippen LogP contribution is 2.37. The van der Waals surface area contributed by atoms with Crippen molar-refractivity contribution in [3.05, 3.63) is 42.5 Å². The molecule has 1 fully saturated rings. The lowest BCUT2D eigenvalue weighted by Crippen LogP contribution is -2.40. The van der Waals surface area contributed by atoms with Gasteiger partial charge in [-0.05, 0) is 12.1 Å². The summed E-state index contributed by atoms with van der Waals surface area (Å²) in [5.41, 5.74) is 1.83. The summed E-state index contributed by atoms with van der Waals surface area (Å²) >= 11 is 0. The minimum atomic E-state index is -1.09. The van der Waals surface area contributed by atoms with Crippen molar-refractivity contribution in [1.82, 2.24) is 23.9 Å². The van der Waals surface area contributed by atoms with Crippen molar-refractivity contribution >= 4 is 40.7 Å². The summed E-state index contributed by atoms with van der Waals surface area (Å²) in [5.74, 6) is 0.297. The number of esters is 3. The minimum absolute atomic E-state index is 0.229. The van der Waals surface area contributed by atoms with Crippen LogP contribution in [0, 0.1) is 0 Å². The number of carbonyl (C=O) groups is 3. The highest BCUT2D eigenvalue weighted by molar-refractivity contribution is 5.85. The average Bonchev–Trinajstić information content (AvgIpc) is 3.67. The second-order valence-electron chi connectivity index (χ2n) is 9.43. The Morgan fingerprint density at radius 3 is 2.45 bits per heavy atom. The molecule has 0 unspecified atom stereocenters. The first-order chi connectivity index (χ1) is 20.2. The van der Waals surface area contributed by atoms with Crippen molar-refractivity contribution in [2.24, 2.45) is 0 Å². The standard InChI is InChI=1S/C27H30N6O9/c1-14(34)39-12-20-22(40-15(2)35)23(41-16(3)36)26(42-20)33-13-30-21-24(31-27-28-8-9-32(27)25(21)33)29-11-17-6-7-18(37-4)10-19(17)38-5/h6-10,13,20,22-23,26H,11-12H2,1-5H3,(H,28,29,31)/t20-,22-,23-,26-/m1/s1. The molecular formula is C27H30N6O9. The van der Waals surface area contributed by atoms with Crippen molar-refractivity contribution in [2.45, 2.75) is 51.9 Å². The van der Waals surface area contributed by atoms with Gasteiger partial charge in [0.2, 0.25) is 5.78 Å². The van der Waals surface area contributed by atoms with Gasteiger partial charge in [0.1, 0.15) is 29.7 Å². The quantitative estimate of drug-likeness (QED) is 0.213. The monoisotopic (exact) mass is 582 g/mol. The van der Waals surface area contributed by atoms with Gasteiger partial charge in [-0.1, -0.05) is 0 Å². The van der Waals surface area contributed by atoms with Gasteiger partial charge in [-0.25, -0.2) is 9.97 Å². The van der Waals surface area contributed by atoms with E-state index in [9.17, 15) is 14.4 Å². The molecule has 1 aromatic carbocycles. The number of methoxy groups -OCH3 is 2. The van der Waals surface area contributed by atoms with Gasteiger partial charge >= 0.3 is 17.9 Å². The van der Waals surface area contributed by atoms with Gasteiger partial charge in [0.05, 0.1) is 20.5 Å². The number of benzene rings is 1. The van der Waals surface area contributed by atoms with Crippen LogP contribution in [0.15, 0.2) is 36.9 Å². The molecule has 4 heterocycles. The van der Waals surface area contributed by atoms with E-state index in [1.165, 1.54) is 27.1 Å². The summed E-state index contributed by atoms with van der Waals surface area (Å²) in [7, 11) is 3.16. The summed E-state index contributed by atoms with van der Waals surface area (Å²) in [6.45, 7) is 3.82. The Hall–Kier alpha value is -4.92. The molecule has 0 aliphatic carbocycles. The molecule has 42 heavy (non-hydrogen) atoms. The van der Waals surface area contributed by atoms with E-state index in [4.69, 9.17) is 28.4 Å². The van der Waals surface area contributed by atoms with E-state index in [0.717, 1.165) is 5.56 Å². The number of nitrogens with zero attached hydrogens (tertiary/aromatic N) is 5. The van der Waals surface area contributed by atoms with E-state index >= 15 is 0 Å². The van der Waals surface area contributed by atoms with Gasteiger partial charge in [0.25, 0.3) is 0 Å². The zero-order valence-electron chi connectivity index (χ0n) is 23.6. The highest BCUT2D eigenvalue weighted by Gasteiger charge is 2.51. The molecule has 15 nitrogen and oxygen atoms in total. The lowest BCUT2D eigenvalue weighted by molar-refractivity contribution is -0.166. The molecule has 0 saturated carbocycles. The predicted octanol–water partition coefficient (Wildman–Crippen LogP) is 2.03. The molecule has 1 aliphatic rings. The van der Waals surface area contributed by atoms with Gasteiger partial charge in [0, 0.05) is 51.3 Å². The fourth-order valence-electron chi connectivity index (χ4n) is 4.86. The third kappa shape index (κ3) is 5.63. The second-order valence-corrected chi connectivity index (χ2v) is 9.43. The number of anilines is 1. The highest BCUT2D eigenvalue weighted by atomic mass is 16.7. The lowest BCUT2D eigenvalue weighted by atomic mass is 10.1. The average molecular weight is 583 g/mol. The van der Waals surface area contributed by atoms with Crippen molar-refractivity contribution in [3.8, 4) is 11.5 Å². The van der Waals surface area contributed by atoms with Crippen LogP contribution in [0.5, 0.6) is 11.5 Å². The zero-order valence-corrected chi connectivity index (χ0v) is 23.6. The third-order valence-corrected chi connectivity index (χ3v) is 6.61.